The third-order valence-corrected chi connectivity index (χ3v) is 1.21. The summed E-state index contributed by atoms with van der Waals surface area (Å²) in [7, 11) is 0. The minimum absolute atomic E-state index is 0.373. The summed E-state index contributed by atoms with van der Waals surface area (Å²) in [5.74, 6) is 0.373. The number of carbonyl (C=O) groups is 1. The fourth-order valence-corrected chi connectivity index (χ4v) is 0.740. The van der Waals surface area contributed by atoms with Crippen molar-refractivity contribution >= 4 is 18.3 Å². The van der Waals surface area contributed by atoms with Crippen LogP contribution >= 0.6 is 12.0 Å². The Morgan fingerprint density at radius 1 is 1.75 bits per heavy atom. The zero-order valence-corrected chi connectivity index (χ0v) is 4.85. The molecule has 0 saturated carbocycles. The second-order valence-electron chi connectivity index (χ2n) is 1.19. The summed E-state index contributed by atoms with van der Waals surface area (Å²) in [5, 5.41) is 1.76. The third-order valence-electron chi connectivity index (χ3n) is 0.655. The molecule has 3 heteroatoms. The number of allylic oxidation sites excluding steroid dienone is 3. The summed E-state index contributed by atoms with van der Waals surface area (Å²) >= 11 is 1.15. The SMILES string of the molecule is O=CC1=CC=CSO1. The highest BCUT2D eigenvalue weighted by atomic mass is 32.2. The van der Waals surface area contributed by atoms with E-state index in [0.29, 0.717) is 12.0 Å². The first-order chi connectivity index (χ1) is 3.93. The monoisotopic (exact) mass is 128 g/mol. The van der Waals surface area contributed by atoms with Crippen molar-refractivity contribution < 1.29 is 8.98 Å². The van der Waals surface area contributed by atoms with Crippen LogP contribution in [0.1, 0.15) is 0 Å². The average Bonchev–Trinajstić information content (AvgIpc) is 1.90. The Hall–Kier alpha value is -0.700. The fraction of sp³-hybridized carbons (Fsp3) is 0. The van der Waals surface area contributed by atoms with E-state index in [1.54, 1.807) is 17.6 Å². The minimum Gasteiger partial charge on any atom is -0.418 e. The van der Waals surface area contributed by atoms with Crippen LogP contribution in [-0.2, 0) is 8.98 Å². The van der Waals surface area contributed by atoms with Gasteiger partial charge in [0, 0.05) is 5.41 Å². The summed E-state index contributed by atoms with van der Waals surface area (Å²) < 4.78 is 4.75. The highest BCUT2D eigenvalue weighted by molar-refractivity contribution is 7.97. The van der Waals surface area contributed by atoms with Crippen LogP contribution in [0.2, 0.25) is 0 Å². The number of aldehydes is 1. The van der Waals surface area contributed by atoms with Crippen molar-refractivity contribution in [3.05, 3.63) is 23.3 Å². The standard InChI is InChI=1S/C5H4O2S/c6-4-5-2-1-3-8-7-5/h1-4H. The normalized spacial score (nSPS) is 16.8. The lowest BCUT2D eigenvalue weighted by Crippen LogP contribution is -1.85. The van der Waals surface area contributed by atoms with Gasteiger partial charge in [-0.2, -0.15) is 0 Å². The van der Waals surface area contributed by atoms with Crippen molar-refractivity contribution in [2.24, 2.45) is 0 Å². The van der Waals surface area contributed by atoms with Gasteiger partial charge in [0.15, 0.2) is 12.0 Å². The lowest BCUT2D eigenvalue weighted by molar-refractivity contribution is -0.106. The Labute approximate surface area is 51.4 Å². The van der Waals surface area contributed by atoms with Gasteiger partial charge >= 0.3 is 0 Å². The molecule has 42 valence electrons. The first kappa shape index (κ1) is 5.44. The first-order valence-electron chi connectivity index (χ1n) is 2.09. The second-order valence-corrected chi connectivity index (χ2v) is 1.83. The van der Waals surface area contributed by atoms with Crippen molar-refractivity contribution in [1.82, 2.24) is 0 Å². The first-order valence-corrected chi connectivity index (χ1v) is 2.89. The van der Waals surface area contributed by atoms with E-state index in [-0.39, 0.29) is 0 Å². The van der Waals surface area contributed by atoms with E-state index in [0.717, 1.165) is 12.0 Å². The Balaban J connectivity index is 2.63. The van der Waals surface area contributed by atoms with E-state index in [4.69, 9.17) is 4.18 Å². The van der Waals surface area contributed by atoms with Crippen LogP contribution in [0.3, 0.4) is 0 Å². The van der Waals surface area contributed by atoms with Gasteiger partial charge in [-0.3, -0.25) is 4.79 Å². The molecule has 1 rings (SSSR count). The molecule has 0 atom stereocenters. The molecule has 0 aromatic rings. The van der Waals surface area contributed by atoms with Gasteiger partial charge in [0.2, 0.25) is 0 Å². The Morgan fingerprint density at radius 3 is 3.00 bits per heavy atom. The molecule has 0 N–H and O–H groups in total. The number of carbonyl (C=O) groups excluding carboxylic acids is 1. The smallest absolute Gasteiger partial charge is 0.186 e. The van der Waals surface area contributed by atoms with E-state index < -0.39 is 0 Å². The summed E-state index contributed by atoms with van der Waals surface area (Å²) in [6, 6.07) is 0. The van der Waals surface area contributed by atoms with E-state index in [2.05, 4.69) is 0 Å². The van der Waals surface area contributed by atoms with Crippen LogP contribution in [0.15, 0.2) is 23.3 Å². The lowest BCUT2D eigenvalue weighted by Gasteiger charge is -1.99. The molecule has 0 spiro atoms. The molecule has 1 aliphatic rings. The van der Waals surface area contributed by atoms with Crippen molar-refractivity contribution in [3.8, 4) is 0 Å². The molecular formula is C5H4O2S. The molecule has 0 fully saturated rings. The molecular weight excluding hydrogens is 124 g/mol. The van der Waals surface area contributed by atoms with Crippen LogP contribution in [-0.4, -0.2) is 6.29 Å². The Bertz CT molecular complexity index is 149. The van der Waals surface area contributed by atoms with Crippen LogP contribution in [0.4, 0.5) is 0 Å². The van der Waals surface area contributed by atoms with Gasteiger partial charge in [-0.25, -0.2) is 0 Å². The maximum absolute atomic E-state index is 9.92. The summed E-state index contributed by atoms with van der Waals surface area (Å²) in [6.45, 7) is 0. The predicted molar refractivity (Wildman–Crippen MR) is 32.0 cm³/mol. The highest BCUT2D eigenvalue weighted by Crippen LogP contribution is 2.14. The third kappa shape index (κ3) is 1.13. The lowest BCUT2D eigenvalue weighted by atomic mass is 10.5. The molecule has 1 aliphatic heterocycles. The second kappa shape index (κ2) is 2.57. The molecule has 1 heterocycles. The van der Waals surface area contributed by atoms with Gasteiger partial charge < -0.3 is 4.18 Å². The molecule has 0 amide bonds. The summed E-state index contributed by atoms with van der Waals surface area (Å²) in [6.07, 6.45) is 4.05. The quantitative estimate of drug-likeness (QED) is 0.393. The van der Waals surface area contributed by atoms with Crippen molar-refractivity contribution in [2.75, 3.05) is 0 Å². The predicted octanol–water partition coefficient (Wildman–Crippen LogP) is 1.26. The van der Waals surface area contributed by atoms with Gasteiger partial charge in [-0.15, -0.1) is 0 Å². The molecule has 0 saturated heterocycles. The highest BCUT2D eigenvalue weighted by Gasteiger charge is 1.95. The Kier molecular flexibility index (Phi) is 1.75. The fourth-order valence-electron chi connectivity index (χ4n) is 0.336. The molecule has 0 aliphatic carbocycles. The van der Waals surface area contributed by atoms with Crippen molar-refractivity contribution in [2.45, 2.75) is 0 Å². The molecule has 2 nitrogen and oxygen atoms in total. The number of hydrogen-bond acceptors (Lipinski definition) is 3. The van der Waals surface area contributed by atoms with Crippen molar-refractivity contribution in [1.29, 1.82) is 0 Å². The van der Waals surface area contributed by atoms with Gasteiger partial charge in [0.05, 0.1) is 12.0 Å². The largest absolute Gasteiger partial charge is 0.418 e. The maximum Gasteiger partial charge on any atom is 0.186 e. The zero-order valence-electron chi connectivity index (χ0n) is 4.03. The van der Waals surface area contributed by atoms with Gasteiger partial charge in [-0.1, -0.05) is 0 Å². The van der Waals surface area contributed by atoms with Gasteiger partial charge in [-0.05, 0) is 12.2 Å². The molecule has 0 radical (unpaired) electrons. The van der Waals surface area contributed by atoms with E-state index >= 15 is 0 Å². The van der Waals surface area contributed by atoms with Gasteiger partial charge in [0.1, 0.15) is 0 Å². The minimum atomic E-state index is 0.373. The zero-order chi connectivity index (χ0) is 5.82. The molecule has 0 bridgehead atoms. The Morgan fingerprint density at radius 2 is 2.62 bits per heavy atom. The van der Waals surface area contributed by atoms with Crippen molar-refractivity contribution in [3.63, 3.8) is 0 Å². The molecule has 0 aromatic heterocycles. The molecule has 0 aromatic carbocycles. The van der Waals surface area contributed by atoms with E-state index in [9.17, 15) is 4.79 Å². The van der Waals surface area contributed by atoms with E-state index in [1.165, 1.54) is 0 Å². The topological polar surface area (TPSA) is 26.3 Å². The summed E-state index contributed by atoms with van der Waals surface area (Å²) in [4.78, 5) is 9.92. The van der Waals surface area contributed by atoms with Crippen LogP contribution in [0.5, 0.6) is 0 Å². The van der Waals surface area contributed by atoms with E-state index in [1.807, 2.05) is 0 Å². The number of hydrogen-bond donors (Lipinski definition) is 0. The van der Waals surface area contributed by atoms with Gasteiger partial charge in [0.25, 0.3) is 0 Å². The maximum atomic E-state index is 9.92. The van der Waals surface area contributed by atoms with Crippen LogP contribution in [0.25, 0.3) is 0 Å². The average molecular weight is 128 g/mol. The number of rotatable bonds is 1. The van der Waals surface area contributed by atoms with Crippen LogP contribution in [0, 0.1) is 0 Å². The molecule has 8 heavy (non-hydrogen) atoms. The van der Waals surface area contributed by atoms with Crippen LogP contribution < -0.4 is 0 Å². The summed E-state index contributed by atoms with van der Waals surface area (Å²) in [5.41, 5.74) is 0. The molecule has 0 unspecified atom stereocenters.